The van der Waals surface area contributed by atoms with Crippen molar-refractivity contribution in [2.75, 3.05) is 6.35 Å². The summed E-state index contributed by atoms with van der Waals surface area (Å²) in [4.78, 5) is 17.8. The van der Waals surface area contributed by atoms with Crippen LogP contribution in [0, 0.1) is 6.42 Å². The number of aromatic hydroxyl groups is 1. The minimum Gasteiger partial charge on any atom is -0.507 e. The minimum atomic E-state index is -4.29. The van der Waals surface area contributed by atoms with E-state index >= 15 is 0 Å². The summed E-state index contributed by atoms with van der Waals surface area (Å²) >= 11 is 12.6. The predicted molar refractivity (Wildman–Crippen MR) is 103 cm³/mol. The van der Waals surface area contributed by atoms with Crippen LogP contribution in [0.1, 0.15) is 36.5 Å². The van der Waals surface area contributed by atoms with Crippen LogP contribution < -0.4 is 4.74 Å². The standard InChI is InChI=1S/C18H19Cl2O5P/c1-3-11(2)14-6-12(4-5-18(14)21)7-15-16(19)8-13(9-17(15)20)25-10-26(22,23)24/h3-6,8-9,11H,7,10H2,1-2H3,(H2-,21,22,23,24)/p+1. The van der Waals surface area contributed by atoms with Crippen LogP contribution in [0.15, 0.2) is 30.3 Å². The summed E-state index contributed by atoms with van der Waals surface area (Å²) in [6, 6.07) is 8.30. The van der Waals surface area contributed by atoms with Crippen molar-refractivity contribution in [3.63, 3.8) is 0 Å². The van der Waals surface area contributed by atoms with Gasteiger partial charge in [0, 0.05) is 22.0 Å². The molecule has 0 radical (unpaired) electrons. The zero-order valence-corrected chi connectivity index (χ0v) is 16.7. The molecular weight excluding hydrogens is 398 g/mol. The maximum absolute atomic E-state index is 10.9. The number of phenolic OH excluding ortho intramolecular Hbond substituents is 1. The third-order valence-electron chi connectivity index (χ3n) is 3.98. The van der Waals surface area contributed by atoms with Crippen LogP contribution >= 0.6 is 30.8 Å². The van der Waals surface area contributed by atoms with Crippen LogP contribution in [0.3, 0.4) is 0 Å². The molecule has 1 unspecified atom stereocenters. The van der Waals surface area contributed by atoms with E-state index in [1.165, 1.54) is 12.1 Å². The van der Waals surface area contributed by atoms with Crippen LogP contribution in [0.5, 0.6) is 11.5 Å². The maximum Gasteiger partial charge on any atom is 0.362 e. The van der Waals surface area contributed by atoms with Gasteiger partial charge >= 0.3 is 7.60 Å². The van der Waals surface area contributed by atoms with Crippen molar-refractivity contribution in [3.05, 3.63) is 63.5 Å². The van der Waals surface area contributed by atoms with E-state index in [2.05, 4.69) is 0 Å². The van der Waals surface area contributed by atoms with Gasteiger partial charge in [-0.25, -0.2) is 0 Å². The molecule has 0 aliphatic carbocycles. The van der Waals surface area contributed by atoms with Gasteiger partial charge in [-0.15, -0.1) is 0 Å². The Morgan fingerprint density at radius 2 is 1.81 bits per heavy atom. The quantitative estimate of drug-likeness (QED) is 0.429. The van der Waals surface area contributed by atoms with Gasteiger partial charge in [-0.3, -0.25) is 4.57 Å². The van der Waals surface area contributed by atoms with Gasteiger partial charge in [-0.2, -0.15) is 0 Å². The molecule has 0 saturated heterocycles. The highest BCUT2D eigenvalue weighted by molar-refractivity contribution is 7.51. The number of rotatable bonds is 7. The van der Waals surface area contributed by atoms with Gasteiger partial charge < -0.3 is 19.6 Å². The van der Waals surface area contributed by atoms with Gasteiger partial charge in [-0.1, -0.05) is 29.3 Å². The third-order valence-corrected chi connectivity index (χ3v) is 5.12. The first kappa shape index (κ1) is 20.9. The van der Waals surface area contributed by atoms with E-state index in [1.807, 2.05) is 26.3 Å². The summed E-state index contributed by atoms with van der Waals surface area (Å²) in [6.07, 6.45) is 1.69. The molecule has 0 fully saturated rings. The van der Waals surface area contributed by atoms with Crippen LogP contribution in [0.4, 0.5) is 0 Å². The number of halogens is 2. The molecule has 0 bridgehead atoms. The second kappa shape index (κ2) is 8.55. The molecule has 8 heteroatoms. The Balaban J connectivity index is 2.26. The Hall–Kier alpha value is -1.36. The van der Waals surface area contributed by atoms with Crippen LogP contribution in [0.2, 0.25) is 10.0 Å². The molecule has 1 atom stereocenters. The highest BCUT2D eigenvalue weighted by atomic mass is 35.5. The van der Waals surface area contributed by atoms with Crippen molar-refractivity contribution in [3.8, 4) is 11.5 Å². The molecule has 5 nitrogen and oxygen atoms in total. The first-order chi connectivity index (χ1) is 12.1. The Morgan fingerprint density at radius 1 is 1.19 bits per heavy atom. The molecule has 140 valence electrons. The average Bonchev–Trinajstić information content (AvgIpc) is 2.56. The second-order valence-corrected chi connectivity index (χ2v) is 8.40. The summed E-state index contributed by atoms with van der Waals surface area (Å²) < 4.78 is 16.0. The van der Waals surface area contributed by atoms with Crippen molar-refractivity contribution >= 4 is 30.8 Å². The van der Waals surface area contributed by atoms with E-state index in [1.54, 1.807) is 12.1 Å². The molecule has 3 N–H and O–H groups in total. The minimum absolute atomic E-state index is 0.101. The molecule has 26 heavy (non-hydrogen) atoms. The second-order valence-electron chi connectivity index (χ2n) is 6.00. The molecule has 0 aliphatic heterocycles. The molecule has 0 aliphatic rings. The number of phenols is 1. The van der Waals surface area contributed by atoms with E-state index in [9.17, 15) is 9.67 Å². The Bertz CT molecular complexity index is 811. The fourth-order valence-electron chi connectivity index (χ4n) is 2.45. The third kappa shape index (κ3) is 5.57. The van der Waals surface area contributed by atoms with E-state index in [4.69, 9.17) is 37.7 Å². The van der Waals surface area contributed by atoms with Gasteiger partial charge in [0.15, 0.2) is 6.35 Å². The first-order valence-electron chi connectivity index (χ1n) is 7.87. The van der Waals surface area contributed by atoms with Gasteiger partial charge in [0.2, 0.25) is 0 Å². The monoisotopic (exact) mass is 417 g/mol. The van der Waals surface area contributed by atoms with E-state index < -0.39 is 13.9 Å². The molecule has 0 heterocycles. The van der Waals surface area contributed by atoms with E-state index in [0.29, 0.717) is 22.0 Å². The summed E-state index contributed by atoms with van der Waals surface area (Å²) in [5.74, 6) is 0.523. The highest BCUT2D eigenvalue weighted by Crippen LogP contribution is 2.37. The Kier molecular flexibility index (Phi) is 6.89. The highest BCUT2D eigenvalue weighted by Gasteiger charge is 2.18. The number of hydrogen-bond donors (Lipinski definition) is 3. The van der Waals surface area contributed by atoms with Gasteiger partial charge in [-0.05, 0) is 42.3 Å². The first-order valence-corrected chi connectivity index (χ1v) is 10.4. The zero-order valence-electron chi connectivity index (χ0n) is 14.3. The summed E-state index contributed by atoms with van der Waals surface area (Å²) in [7, 11) is -4.29. The summed E-state index contributed by atoms with van der Waals surface area (Å²) in [6.45, 7) is 3.92. The molecule has 0 amide bonds. The fraction of sp³-hybridized carbons (Fsp3) is 0.278. The molecular formula is C18H20Cl2O5P+. The van der Waals surface area contributed by atoms with Crippen molar-refractivity contribution in [2.45, 2.75) is 26.2 Å². The maximum atomic E-state index is 10.9. The fourth-order valence-corrected chi connectivity index (χ4v) is 3.37. The molecule has 2 rings (SSSR count). The molecule has 0 spiro atoms. The Morgan fingerprint density at radius 3 is 2.35 bits per heavy atom. The lowest BCUT2D eigenvalue weighted by molar-refractivity contribution is 0.300. The SMILES string of the molecule is C[CH+]C(C)c1cc(Cc2c(Cl)cc(OCP(=O)(O)O)cc2Cl)ccc1O. The topological polar surface area (TPSA) is 87.0 Å². The lowest BCUT2D eigenvalue weighted by Crippen LogP contribution is -2.00. The van der Waals surface area contributed by atoms with Gasteiger partial charge in [0.1, 0.15) is 17.4 Å². The zero-order chi connectivity index (χ0) is 19.5. The number of hydrogen-bond acceptors (Lipinski definition) is 3. The van der Waals surface area contributed by atoms with Crippen LogP contribution in [0.25, 0.3) is 0 Å². The summed E-state index contributed by atoms with van der Waals surface area (Å²) in [5.41, 5.74) is 2.42. The lowest BCUT2D eigenvalue weighted by atomic mass is 9.94. The lowest BCUT2D eigenvalue weighted by Gasteiger charge is -2.13. The smallest absolute Gasteiger partial charge is 0.362 e. The van der Waals surface area contributed by atoms with Crippen molar-refractivity contribution in [1.82, 2.24) is 0 Å². The Labute approximate surface area is 162 Å². The van der Waals surface area contributed by atoms with Gasteiger partial charge in [0.05, 0.1) is 13.3 Å². The van der Waals surface area contributed by atoms with Crippen molar-refractivity contribution in [2.24, 2.45) is 0 Å². The molecule has 2 aromatic rings. The van der Waals surface area contributed by atoms with E-state index in [-0.39, 0.29) is 17.4 Å². The molecule has 0 saturated carbocycles. The number of benzene rings is 2. The normalized spacial score (nSPS) is 12.7. The summed E-state index contributed by atoms with van der Waals surface area (Å²) in [5, 5.41) is 10.7. The van der Waals surface area contributed by atoms with Crippen LogP contribution in [-0.2, 0) is 11.0 Å². The molecule has 2 aromatic carbocycles. The van der Waals surface area contributed by atoms with E-state index in [0.717, 1.165) is 11.1 Å². The van der Waals surface area contributed by atoms with Crippen LogP contribution in [-0.4, -0.2) is 21.2 Å². The van der Waals surface area contributed by atoms with Gasteiger partial charge in [0.25, 0.3) is 0 Å². The van der Waals surface area contributed by atoms with Crippen molar-refractivity contribution in [1.29, 1.82) is 0 Å². The predicted octanol–water partition coefficient (Wildman–Crippen LogP) is 5.13. The largest absolute Gasteiger partial charge is 0.507 e. The average molecular weight is 418 g/mol. The molecule has 0 aromatic heterocycles. The van der Waals surface area contributed by atoms with Crippen molar-refractivity contribution < 1.29 is 24.2 Å². The number of ether oxygens (including phenoxy) is 1.